The van der Waals surface area contributed by atoms with E-state index in [4.69, 9.17) is 0 Å². The van der Waals surface area contributed by atoms with E-state index in [1.165, 1.54) is 43.3 Å². The fourth-order valence-corrected chi connectivity index (χ4v) is 2.97. The van der Waals surface area contributed by atoms with Crippen molar-refractivity contribution in [3.63, 3.8) is 0 Å². The Hall–Kier alpha value is -0.860. The van der Waals surface area contributed by atoms with Crippen molar-refractivity contribution in [2.75, 3.05) is 26.2 Å². The fraction of sp³-hybridized carbons (Fsp3) is 0.700. The maximum absolute atomic E-state index is 3.89. The van der Waals surface area contributed by atoms with Crippen LogP contribution >= 0.6 is 0 Å². The van der Waals surface area contributed by atoms with E-state index >= 15 is 0 Å². The fourth-order valence-electron chi connectivity index (χ4n) is 2.97. The Morgan fingerprint density at radius 3 is 2.50 bits per heavy atom. The first-order valence-corrected chi connectivity index (χ1v) is 8.97. The van der Waals surface area contributed by atoms with Crippen LogP contribution < -0.4 is 5.32 Å². The second kappa shape index (κ2) is 11.7. The van der Waals surface area contributed by atoms with Crippen LogP contribution in [0.2, 0.25) is 0 Å². The maximum atomic E-state index is 3.89. The van der Waals surface area contributed by atoms with E-state index < -0.39 is 0 Å². The molecular weight excluding hydrogens is 268 g/mol. The molecule has 1 aliphatic rings. The van der Waals surface area contributed by atoms with Crippen molar-refractivity contribution < 1.29 is 0 Å². The highest BCUT2D eigenvalue weighted by Crippen LogP contribution is 2.17. The van der Waals surface area contributed by atoms with Gasteiger partial charge in [-0.3, -0.25) is 4.90 Å². The van der Waals surface area contributed by atoms with Gasteiger partial charge in [-0.25, -0.2) is 0 Å². The molecular formula is C20H36N2. The zero-order valence-corrected chi connectivity index (χ0v) is 15.0. The van der Waals surface area contributed by atoms with Crippen molar-refractivity contribution >= 4 is 0 Å². The van der Waals surface area contributed by atoms with Gasteiger partial charge in [-0.15, -0.1) is 6.58 Å². The van der Waals surface area contributed by atoms with E-state index in [1.54, 1.807) is 0 Å². The van der Waals surface area contributed by atoms with E-state index in [0.717, 1.165) is 38.6 Å². The first kappa shape index (κ1) is 19.2. The Labute approximate surface area is 138 Å². The number of nitrogens with zero attached hydrogens (tertiary/aromatic N) is 1. The zero-order chi connectivity index (χ0) is 16.2. The van der Waals surface area contributed by atoms with Crippen molar-refractivity contribution in [3.05, 3.63) is 36.0 Å². The van der Waals surface area contributed by atoms with E-state index in [2.05, 4.69) is 49.7 Å². The third-order valence-electron chi connectivity index (χ3n) is 4.39. The largest absolute Gasteiger partial charge is 0.313 e. The SMILES string of the molecule is C=CCN(C/C=C(\C)CCC=C(C)C)CCNC1CCCC1. The van der Waals surface area contributed by atoms with Gasteiger partial charge in [-0.05, 0) is 46.5 Å². The molecule has 1 saturated carbocycles. The Morgan fingerprint density at radius 1 is 1.14 bits per heavy atom. The van der Waals surface area contributed by atoms with Gasteiger partial charge in [0.2, 0.25) is 0 Å². The second-order valence-corrected chi connectivity index (χ2v) is 6.85. The summed E-state index contributed by atoms with van der Waals surface area (Å²) in [6.45, 7) is 14.7. The molecule has 126 valence electrons. The van der Waals surface area contributed by atoms with Gasteiger partial charge in [0.1, 0.15) is 0 Å². The molecule has 0 atom stereocenters. The monoisotopic (exact) mass is 304 g/mol. The molecule has 0 unspecified atom stereocenters. The first-order valence-electron chi connectivity index (χ1n) is 8.97. The van der Waals surface area contributed by atoms with Gasteiger partial charge < -0.3 is 5.32 Å². The summed E-state index contributed by atoms with van der Waals surface area (Å²) in [6.07, 6.45) is 14.6. The molecule has 0 amide bonds. The molecule has 0 saturated heterocycles. The maximum Gasteiger partial charge on any atom is 0.0169 e. The van der Waals surface area contributed by atoms with Crippen LogP contribution in [0.5, 0.6) is 0 Å². The van der Waals surface area contributed by atoms with E-state index in [9.17, 15) is 0 Å². The van der Waals surface area contributed by atoms with Gasteiger partial charge in [0.25, 0.3) is 0 Å². The average molecular weight is 305 g/mol. The van der Waals surface area contributed by atoms with E-state index in [-0.39, 0.29) is 0 Å². The number of hydrogen-bond acceptors (Lipinski definition) is 2. The number of hydrogen-bond donors (Lipinski definition) is 1. The molecule has 1 aliphatic carbocycles. The average Bonchev–Trinajstić information content (AvgIpc) is 2.97. The predicted octanol–water partition coefficient (Wildman–Crippen LogP) is 4.70. The summed E-state index contributed by atoms with van der Waals surface area (Å²) in [7, 11) is 0. The van der Waals surface area contributed by atoms with Gasteiger partial charge in [0.15, 0.2) is 0 Å². The van der Waals surface area contributed by atoms with E-state index in [0.29, 0.717) is 0 Å². The van der Waals surface area contributed by atoms with Crippen molar-refractivity contribution in [1.29, 1.82) is 0 Å². The van der Waals surface area contributed by atoms with Gasteiger partial charge in [0.05, 0.1) is 0 Å². The van der Waals surface area contributed by atoms with Gasteiger partial charge in [-0.2, -0.15) is 0 Å². The zero-order valence-electron chi connectivity index (χ0n) is 15.0. The summed E-state index contributed by atoms with van der Waals surface area (Å²) in [4.78, 5) is 2.47. The molecule has 0 radical (unpaired) electrons. The summed E-state index contributed by atoms with van der Waals surface area (Å²) in [5.74, 6) is 0. The van der Waals surface area contributed by atoms with Crippen LogP contribution in [-0.4, -0.2) is 37.1 Å². The van der Waals surface area contributed by atoms with Crippen molar-refractivity contribution in [3.8, 4) is 0 Å². The third-order valence-corrected chi connectivity index (χ3v) is 4.39. The standard InChI is InChI=1S/C20H36N2/c1-5-15-22(17-14-21-20-11-6-7-12-20)16-13-19(4)10-8-9-18(2)3/h5,9,13,20-21H,1,6-8,10-12,14-17H2,2-4H3/b19-13+. The van der Waals surface area contributed by atoms with Crippen LogP contribution in [0.1, 0.15) is 59.3 Å². The minimum atomic E-state index is 0.770. The number of rotatable bonds is 11. The lowest BCUT2D eigenvalue weighted by Gasteiger charge is -2.21. The normalized spacial score (nSPS) is 16.3. The topological polar surface area (TPSA) is 15.3 Å². The molecule has 0 aromatic heterocycles. The highest BCUT2D eigenvalue weighted by Gasteiger charge is 2.13. The molecule has 1 N–H and O–H groups in total. The molecule has 2 heteroatoms. The molecule has 0 aliphatic heterocycles. The summed E-state index contributed by atoms with van der Waals surface area (Å²) in [5, 5.41) is 3.70. The molecule has 22 heavy (non-hydrogen) atoms. The highest BCUT2D eigenvalue weighted by molar-refractivity contribution is 5.03. The van der Waals surface area contributed by atoms with Crippen LogP contribution in [0.25, 0.3) is 0 Å². The number of nitrogens with one attached hydrogen (secondary N) is 1. The summed E-state index contributed by atoms with van der Waals surface area (Å²) >= 11 is 0. The minimum absolute atomic E-state index is 0.770. The van der Waals surface area contributed by atoms with Crippen LogP contribution in [0.4, 0.5) is 0 Å². The molecule has 0 heterocycles. The van der Waals surface area contributed by atoms with Crippen LogP contribution in [0, 0.1) is 0 Å². The summed E-state index contributed by atoms with van der Waals surface area (Å²) < 4.78 is 0. The van der Waals surface area contributed by atoms with E-state index in [1.807, 2.05) is 6.08 Å². The number of allylic oxidation sites excluding steroid dienone is 3. The van der Waals surface area contributed by atoms with Crippen molar-refractivity contribution in [1.82, 2.24) is 10.2 Å². The molecule has 2 nitrogen and oxygen atoms in total. The quantitative estimate of drug-likeness (QED) is 0.557. The Balaban J connectivity index is 2.26. The molecule has 1 rings (SSSR count). The molecule has 0 aromatic rings. The lowest BCUT2D eigenvalue weighted by atomic mass is 10.1. The molecule has 0 spiro atoms. The highest BCUT2D eigenvalue weighted by atomic mass is 15.1. The lowest BCUT2D eigenvalue weighted by molar-refractivity contribution is 0.323. The molecule has 1 fully saturated rings. The smallest absolute Gasteiger partial charge is 0.0169 e. The molecule has 0 bridgehead atoms. The molecule has 0 aromatic carbocycles. The summed E-state index contributed by atoms with van der Waals surface area (Å²) in [6, 6.07) is 0.770. The third kappa shape index (κ3) is 9.22. The van der Waals surface area contributed by atoms with Gasteiger partial charge in [-0.1, -0.05) is 42.2 Å². The Kier molecular flexibility index (Phi) is 10.2. The first-order chi connectivity index (χ1) is 10.6. The van der Waals surface area contributed by atoms with Crippen molar-refractivity contribution in [2.24, 2.45) is 0 Å². The lowest BCUT2D eigenvalue weighted by Crippen LogP contribution is -2.36. The Morgan fingerprint density at radius 2 is 1.86 bits per heavy atom. The van der Waals surface area contributed by atoms with Gasteiger partial charge >= 0.3 is 0 Å². The van der Waals surface area contributed by atoms with Crippen LogP contribution in [0.15, 0.2) is 36.0 Å². The minimum Gasteiger partial charge on any atom is -0.313 e. The van der Waals surface area contributed by atoms with Gasteiger partial charge in [0, 0.05) is 32.2 Å². The Bertz CT molecular complexity index is 358. The van der Waals surface area contributed by atoms with Crippen LogP contribution in [0.3, 0.4) is 0 Å². The second-order valence-electron chi connectivity index (χ2n) is 6.85. The summed E-state index contributed by atoms with van der Waals surface area (Å²) in [5.41, 5.74) is 2.91. The predicted molar refractivity (Wildman–Crippen MR) is 99.3 cm³/mol. The van der Waals surface area contributed by atoms with Crippen molar-refractivity contribution in [2.45, 2.75) is 65.3 Å². The van der Waals surface area contributed by atoms with Crippen LogP contribution in [-0.2, 0) is 0 Å².